The van der Waals surface area contributed by atoms with Crippen molar-refractivity contribution in [2.24, 2.45) is 0 Å². The molecule has 0 aliphatic heterocycles. The molecular weight excluding hydrogens is 982 g/mol. The van der Waals surface area contributed by atoms with Crippen LogP contribution in [0.5, 0.6) is 11.5 Å². The molecule has 2 heterocycles. The van der Waals surface area contributed by atoms with Gasteiger partial charge in [0.2, 0.25) is 0 Å². The Labute approximate surface area is 389 Å². The van der Waals surface area contributed by atoms with Crippen LogP contribution in [0.15, 0.2) is 36.4 Å². The Morgan fingerprint density at radius 1 is 0.350 bits per heavy atom. The summed E-state index contributed by atoms with van der Waals surface area (Å²) in [5.41, 5.74) is 2.56. The van der Waals surface area contributed by atoms with Crippen LogP contribution in [0.1, 0.15) is 209 Å². The van der Waals surface area contributed by atoms with Crippen molar-refractivity contribution in [1.29, 1.82) is 0 Å². The number of rotatable bonds is 38. The van der Waals surface area contributed by atoms with Crippen LogP contribution in [0.25, 0.3) is 20.9 Å². The van der Waals surface area contributed by atoms with Gasteiger partial charge in [0.15, 0.2) is 0 Å². The zero-order valence-corrected chi connectivity index (χ0v) is 48.1. The Kier molecular flexibility index (Phi) is 29.3. The molecule has 60 heavy (non-hydrogen) atoms. The van der Waals surface area contributed by atoms with E-state index >= 15 is 0 Å². The first-order valence-electron chi connectivity index (χ1n) is 26.1. The Balaban J connectivity index is 2.19. The minimum absolute atomic E-state index is 0.793. The molecule has 0 amide bonds. The van der Waals surface area contributed by atoms with Gasteiger partial charge in [0.1, 0.15) is 0 Å². The van der Waals surface area contributed by atoms with Crippen molar-refractivity contribution in [1.82, 2.24) is 0 Å². The summed E-state index contributed by atoms with van der Waals surface area (Å²) in [5.74, 6) is 2.17. The van der Waals surface area contributed by atoms with Crippen molar-refractivity contribution in [3.05, 3.63) is 36.4 Å². The number of thiophene rings is 2. The van der Waals surface area contributed by atoms with Crippen molar-refractivity contribution in [2.45, 2.75) is 236 Å². The van der Waals surface area contributed by atoms with E-state index in [1.807, 2.05) is 5.79 Å². The molecular formula is C54H94O2S2Sn2. The molecule has 0 saturated heterocycles. The van der Waals surface area contributed by atoms with Gasteiger partial charge in [0.25, 0.3) is 0 Å². The van der Waals surface area contributed by atoms with Crippen molar-refractivity contribution in [2.75, 3.05) is 13.2 Å². The van der Waals surface area contributed by atoms with Crippen molar-refractivity contribution < 1.29 is 9.47 Å². The van der Waals surface area contributed by atoms with Crippen LogP contribution in [-0.2, 0) is 0 Å². The third kappa shape index (κ3) is 18.0. The molecule has 0 atom stereocenters. The van der Waals surface area contributed by atoms with Gasteiger partial charge in [0.05, 0.1) is 0 Å². The van der Waals surface area contributed by atoms with Gasteiger partial charge in [-0.25, -0.2) is 0 Å². The predicted molar refractivity (Wildman–Crippen MR) is 280 cm³/mol. The summed E-state index contributed by atoms with van der Waals surface area (Å²) >= 11 is -0.861. The van der Waals surface area contributed by atoms with Gasteiger partial charge >= 0.3 is 366 Å². The van der Waals surface area contributed by atoms with Crippen LogP contribution in [-0.4, -0.2) is 50.0 Å². The normalized spacial score (nSPS) is 12.1. The van der Waals surface area contributed by atoms with Gasteiger partial charge in [-0.15, -0.1) is 0 Å². The van der Waals surface area contributed by atoms with Gasteiger partial charge < -0.3 is 0 Å². The van der Waals surface area contributed by atoms with E-state index in [2.05, 4.69) is 114 Å². The fourth-order valence-electron chi connectivity index (χ4n) is 9.43. The van der Waals surface area contributed by atoms with E-state index in [1.54, 1.807) is 0 Å². The number of hydrogen-bond acceptors (Lipinski definition) is 4. The zero-order valence-electron chi connectivity index (χ0n) is 40.7. The number of unbranched alkanes of at least 4 members (excludes halogenated alkanes) is 16. The van der Waals surface area contributed by atoms with E-state index in [9.17, 15) is 0 Å². The van der Waals surface area contributed by atoms with Crippen molar-refractivity contribution >= 4 is 65.2 Å². The molecule has 0 saturated carbocycles. The molecule has 1 aromatic carbocycles. The third-order valence-corrected chi connectivity index (χ3v) is 52.2. The second-order valence-corrected chi connectivity index (χ2v) is 49.1. The molecule has 0 fully saturated rings. The number of benzene rings is 1. The van der Waals surface area contributed by atoms with E-state index < -0.39 is 36.8 Å². The molecule has 0 bridgehead atoms. The Hall–Kier alpha value is -0.183. The van der Waals surface area contributed by atoms with Crippen LogP contribution < -0.4 is 15.3 Å². The summed E-state index contributed by atoms with van der Waals surface area (Å²) in [6.45, 7) is 20.6. The molecule has 0 spiro atoms. The zero-order chi connectivity index (χ0) is 43.3. The number of ether oxygens (including phenoxy) is 2. The minimum atomic E-state index is -2.59. The fourth-order valence-corrected chi connectivity index (χ4v) is 49.8. The van der Waals surface area contributed by atoms with E-state index in [-0.39, 0.29) is 0 Å². The van der Waals surface area contributed by atoms with Crippen molar-refractivity contribution in [3.8, 4) is 32.4 Å². The maximum atomic E-state index is 7.00. The topological polar surface area (TPSA) is 18.5 Å². The third-order valence-electron chi connectivity index (χ3n) is 13.4. The average molecular weight is 1080 g/mol. The summed E-state index contributed by atoms with van der Waals surface area (Å²) < 4.78 is 26.7. The van der Waals surface area contributed by atoms with Gasteiger partial charge in [-0.05, 0) is 0 Å². The standard InChI is InChI=1S/C30H40O2S2.6C4H9.2Sn/c1-3-5-7-9-11-13-19-31-27-23-26(30-18-16-22-34-30)28(24-25(27)29-17-15-21-33-29)32-20-14-12-10-8-6-4-2;6*1-3-4-2;;/h15-18,23-24H,3-14,19-20H2,1-2H3;6*1,3-4H2,2H3;;. The first-order valence-corrected chi connectivity index (χ1v) is 42.7. The monoisotopic (exact) mass is 1080 g/mol. The summed E-state index contributed by atoms with van der Waals surface area (Å²) in [6, 6.07) is 15.1. The van der Waals surface area contributed by atoms with E-state index in [0.717, 1.165) is 37.6 Å². The fraction of sp³-hybridized carbons (Fsp3) is 0.741. The molecule has 0 aliphatic rings. The van der Waals surface area contributed by atoms with E-state index in [1.165, 1.54) is 189 Å². The Morgan fingerprint density at radius 3 is 0.933 bits per heavy atom. The first-order chi connectivity index (χ1) is 29.4. The van der Waals surface area contributed by atoms with Crippen LogP contribution in [0.4, 0.5) is 0 Å². The van der Waals surface area contributed by atoms with Gasteiger partial charge in [-0.1, -0.05) is 26.7 Å². The molecule has 0 radical (unpaired) electrons. The number of hydrogen-bond donors (Lipinski definition) is 0. The molecule has 0 unspecified atom stereocenters. The maximum absolute atomic E-state index is 7.00. The summed E-state index contributed by atoms with van der Waals surface area (Å²) in [5, 5.41) is 0. The predicted octanol–water partition coefficient (Wildman–Crippen LogP) is 18.7. The molecule has 2 aromatic heterocycles. The molecule has 6 heteroatoms. The second-order valence-electron chi connectivity index (χ2n) is 18.6. The first kappa shape index (κ1) is 54.2. The van der Waals surface area contributed by atoms with Crippen LogP contribution in [0.2, 0.25) is 26.6 Å². The quantitative estimate of drug-likeness (QED) is 0.0421. The molecule has 0 aliphatic carbocycles. The van der Waals surface area contributed by atoms with Crippen LogP contribution >= 0.6 is 22.7 Å². The molecule has 2 nitrogen and oxygen atoms in total. The SMILES string of the molecule is CCCCCCCCOc1cc(-c2cc[c]([Sn]([CH2]CCC)([CH2]CCC)[CH2]CCC)s2)c(OCCCCCCCC)cc1-c1cc[c]([Sn]([CH2]CCC)([CH2]CCC)[CH2]CCC)s1. The molecule has 3 rings (SSSR count). The molecule has 342 valence electrons. The van der Waals surface area contributed by atoms with Gasteiger partial charge in [-0.3, -0.25) is 0 Å². The Morgan fingerprint density at radius 2 is 0.633 bits per heavy atom. The summed E-state index contributed by atoms with van der Waals surface area (Å²) in [6.07, 6.45) is 31.7. The summed E-state index contributed by atoms with van der Waals surface area (Å²) in [7, 11) is 0. The van der Waals surface area contributed by atoms with E-state index in [0.29, 0.717) is 0 Å². The van der Waals surface area contributed by atoms with Gasteiger partial charge in [0, 0.05) is 0 Å². The van der Waals surface area contributed by atoms with Crippen molar-refractivity contribution in [3.63, 3.8) is 0 Å². The second kappa shape index (κ2) is 32.5. The summed E-state index contributed by atoms with van der Waals surface area (Å²) in [4.78, 5) is 2.82. The Bertz CT molecular complexity index is 1360. The van der Waals surface area contributed by atoms with E-state index in [4.69, 9.17) is 9.47 Å². The molecule has 3 aromatic rings. The van der Waals surface area contributed by atoms with Crippen LogP contribution in [0, 0.1) is 0 Å². The molecule has 0 N–H and O–H groups in total. The average Bonchev–Trinajstić information content (AvgIpc) is 3.98. The van der Waals surface area contributed by atoms with Gasteiger partial charge in [-0.2, -0.15) is 0 Å². The van der Waals surface area contributed by atoms with Crippen LogP contribution in [0.3, 0.4) is 0 Å².